The molecule has 5 heteroatoms. The lowest BCUT2D eigenvalue weighted by atomic mass is 9.71. The van der Waals surface area contributed by atoms with Crippen molar-refractivity contribution in [3.63, 3.8) is 0 Å². The van der Waals surface area contributed by atoms with Gasteiger partial charge in [0.1, 0.15) is 11.0 Å². The third kappa shape index (κ3) is 4.29. The predicted molar refractivity (Wildman–Crippen MR) is 82.0 cm³/mol. The fourth-order valence-electron chi connectivity index (χ4n) is 2.31. The summed E-state index contributed by atoms with van der Waals surface area (Å²) in [5.41, 5.74) is -1.92. The fraction of sp³-hybridized carbons (Fsp3) is 0.588. The lowest BCUT2D eigenvalue weighted by Gasteiger charge is -2.31. The van der Waals surface area contributed by atoms with Gasteiger partial charge in [0, 0.05) is 12.0 Å². The van der Waals surface area contributed by atoms with Crippen molar-refractivity contribution >= 4 is 17.7 Å². The second-order valence-electron chi connectivity index (χ2n) is 6.39. The first-order valence-corrected chi connectivity index (χ1v) is 7.41. The monoisotopic (exact) mass is 308 g/mol. The smallest absolute Gasteiger partial charge is 0.333 e. The average Bonchev–Trinajstić information content (AvgIpc) is 2.39. The Morgan fingerprint density at radius 3 is 2.50 bits per heavy atom. The quantitative estimate of drug-likeness (QED) is 0.444. The molecule has 1 aliphatic rings. The molecule has 0 heterocycles. The summed E-state index contributed by atoms with van der Waals surface area (Å²) in [6, 6.07) is 0. The fourth-order valence-corrected chi connectivity index (χ4v) is 2.31. The van der Waals surface area contributed by atoms with Crippen LogP contribution in [0.15, 0.2) is 24.3 Å². The largest absolute Gasteiger partial charge is 0.465 e. The van der Waals surface area contributed by atoms with Crippen molar-refractivity contribution in [3.05, 3.63) is 24.3 Å². The maximum atomic E-state index is 12.3. The van der Waals surface area contributed by atoms with E-state index in [-0.39, 0.29) is 24.4 Å². The molecule has 0 N–H and O–H groups in total. The van der Waals surface area contributed by atoms with Crippen LogP contribution >= 0.6 is 0 Å². The molecule has 1 aliphatic carbocycles. The van der Waals surface area contributed by atoms with Crippen LogP contribution in [0, 0.1) is 5.41 Å². The van der Waals surface area contributed by atoms with Crippen LogP contribution in [-0.2, 0) is 23.9 Å². The summed E-state index contributed by atoms with van der Waals surface area (Å²) in [6.45, 7) is 10.8. The van der Waals surface area contributed by atoms with E-state index in [2.05, 4.69) is 6.58 Å². The molecule has 0 radical (unpaired) electrons. The molecule has 1 atom stereocenters. The average molecular weight is 308 g/mol. The molecule has 0 amide bonds. The van der Waals surface area contributed by atoms with Crippen LogP contribution in [0.1, 0.15) is 47.0 Å². The molecular formula is C17H24O5. The molecule has 0 spiro atoms. The zero-order valence-electron chi connectivity index (χ0n) is 13.7. The SMILES string of the molecule is C=C(CC1(C(=O)OCC)CCC=CC1=O)C(=O)OC(C)(C)C. The highest BCUT2D eigenvalue weighted by molar-refractivity contribution is 6.10. The van der Waals surface area contributed by atoms with Crippen LogP contribution in [0.4, 0.5) is 0 Å². The molecule has 22 heavy (non-hydrogen) atoms. The Bertz CT molecular complexity index is 510. The number of esters is 2. The third-order valence-corrected chi connectivity index (χ3v) is 3.35. The summed E-state index contributed by atoms with van der Waals surface area (Å²) < 4.78 is 10.3. The number of hydrogen-bond acceptors (Lipinski definition) is 5. The minimum Gasteiger partial charge on any atom is -0.465 e. The molecule has 0 fully saturated rings. The second kappa shape index (κ2) is 6.90. The van der Waals surface area contributed by atoms with E-state index >= 15 is 0 Å². The number of hydrogen-bond donors (Lipinski definition) is 0. The number of rotatable bonds is 5. The van der Waals surface area contributed by atoms with E-state index in [1.807, 2.05) is 0 Å². The molecule has 0 saturated heterocycles. The van der Waals surface area contributed by atoms with Crippen LogP contribution in [0.5, 0.6) is 0 Å². The molecule has 0 aromatic rings. The molecule has 0 bridgehead atoms. The normalized spacial score (nSPS) is 21.4. The first-order chi connectivity index (χ1) is 10.1. The van der Waals surface area contributed by atoms with Crippen LogP contribution in [0.25, 0.3) is 0 Å². The van der Waals surface area contributed by atoms with E-state index in [0.29, 0.717) is 12.8 Å². The van der Waals surface area contributed by atoms with Gasteiger partial charge in [0.05, 0.1) is 6.61 Å². The topological polar surface area (TPSA) is 69.7 Å². The van der Waals surface area contributed by atoms with E-state index in [4.69, 9.17) is 9.47 Å². The van der Waals surface area contributed by atoms with Crippen LogP contribution in [-0.4, -0.2) is 29.9 Å². The number of carbonyl (C=O) groups is 3. The molecule has 5 nitrogen and oxygen atoms in total. The first-order valence-electron chi connectivity index (χ1n) is 7.41. The minimum atomic E-state index is -1.36. The Kier molecular flexibility index (Phi) is 5.69. The standard InChI is InChI=1S/C17H24O5/c1-6-21-15(20)17(10-8-7-9-13(17)18)11-12(2)14(19)22-16(3,4)5/h7,9H,2,6,8,10-11H2,1,3-5H3. The van der Waals surface area contributed by atoms with Gasteiger partial charge < -0.3 is 9.47 Å². The highest BCUT2D eigenvalue weighted by Crippen LogP contribution is 2.38. The number of ether oxygens (including phenoxy) is 2. The second-order valence-corrected chi connectivity index (χ2v) is 6.39. The molecule has 122 valence electrons. The van der Waals surface area contributed by atoms with Crippen molar-refractivity contribution in [3.8, 4) is 0 Å². The summed E-state index contributed by atoms with van der Waals surface area (Å²) in [4.78, 5) is 36.7. The Labute approximate surface area is 131 Å². The van der Waals surface area contributed by atoms with Crippen molar-refractivity contribution in [2.24, 2.45) is 5.41 Å². The van der Waals surface area contributed by atoms with Crippen molar-refractivity contribution in [1.82, 2.24) is 0 Å². The van der Waals surface area contributed by atoms with E-state index in [1.165, 1.54) is 6.08 Å². The molecule has 1 unspecified atom stereocenters. The first kappa shape index (κ1) is 18.1. The lowest BCUT2D eigenvalue weighted by molar-refractivity contribution is -0.160. The third-order valence-electron chi connectivity index (χ3n) is 3.35. The van der Waals surface area contributed by atoms with Gasteiger partial charge in [-0.15, -0.1) is 0 Å². The van der Waals surface area contributed by atoms with Crippen molar-refractivity contribution < 1.29 is 23.9 Å². The van der Waals surface area contributed by atoms with Gasteiger partial charge in [0.2, 0.25) is 0 Å². The summed E-state index contributed by atoms with van der Waals surface area (Å²) in [5.74, 6) is -1.55. The van der Waals surface area contributed by atoms with Gasteiger partial charge in [-0.1, -0.05) is 12.7 Å². The van der Waals surface area contributed by atoms with Gasteiger partial charge in [-0.3, -0.25) is 9.59 Å². The van der Waals surface area contributed by atoms with E-state index < -0.39 is 23.0 Å². The molecule has 0 saturated carbocycles. The minimum absolute atomic E-state index is 0.0794. The van der Waals surface area contributed by atoms with Gasteiger partial charge in [-0.2, -0.15) is 0 Å². The summed E-state index contributed by atoms with van der Waals surface area (Å²) >= 11 is 0. The molecular weight excluding hydrogens is 284 g/mol. The maximum absolute atomic E-state index is 12.3. The lowest BCUT2D eigenvalue weighted by Crippen LogP contribution is -2.42. The van der Waals surface area contributed by atoms with Crippen LogP contribution in [0.3, 0.4) is 0 Å². The van der Waals surface area contributed by atoms with Gasteiger partial charge in [0.25, 0.3) is 0 Å². The Balaban J connectivity index is 2.97. The van der Waals surface area contributed by atoms with E-state index in [1.54, 1.807) is 33.8 Å². The van der Waals surface area contributed by atoms with Crippen molar-refractivity contribution in [2.45, 2.75) is 52.6 Å². The molecule has 0 aromatic heterocycles. The van der Waals surface area contributed by atoms with Gasteiger partial charge in [0.15, 0.2) is 5.78 Å². The summed E-state index contributed by atoms with van der Waals surface area (Å²) in [5, 5.41) is 0. The predicted octanol–water partition coefficient (Wildman–Crippen LogP) is 2.74. The maximum Gasteiger partial charge on any atom is 0.333 e. The number of ketones is 1. The van der Waals surface area contributed by atoms with Crippen molar-refractivity contribution in [2.75, 3.05) is 6.61 Å². The van der Waals surface area contributed by atoms with Gasteiger partial charge >= 0.3 is 11.9 Å². The zero-order valence-corrected chi connectivity index (χ0v) is 13.7. The van der Waals surface area contributed by atoms with Gasteiger partial charge in [-0.05, 0) is 46.6 Å². The van der Waals surface area contributed by atoms with E-state index in [0.717, 1.165) is 0 Å². The van der Waals surface area contributed by atoms with E-state index in [9.17, 15) is 14.4 Å². The summed E-state index contributed by atoms with van der Waals surface area (Å²) in [7, 11) is 0. The molecule has 0 aromatic carbocycles. The highest BCUT2D eigenvalue weighted by atomic mass is 16.6. The molecule has 0 aliphatic heterocycles. The number of carbonyl (C=O) groups excluding carboxylic acids is 3. The van der Waals surface area contributed by atoms with Crippen molar-refractivity contribution in [1.29, 1.82) is 0 Å². The van der Waals surface area contributed by atoms with Crippen LogP contribution < -0.4 is 0 Å². The zero-order chi connectivity index (χ0) is 17.0. The highest BCUT2D eigenvalue weighted by Gasteiger charge is 2.47. The Hall–Kier alpha value is -1.91. The Morgan fingerprint density at radius 1 is 1.36 bits per heavy atom. The Morgan fingerprint density at radius 2 is 2.00 bits per heavy atom. The van der Waals surface area contributed by atoms with Gasteiger partial charge in [-0.25, -0.2) is 4.79 Å². The molecule has 1 rings (SSSR count). The summed E-state index contributed by atoms with van der Waals surface area (Å²) in [6.07, 6.45) is 3.90. The number of allylic oxidation sites excluding steroid dienone is 2. The van der Waals surface area contributed by atoms with Crippen LogP contribution in [0.2, 0.25) is 0 Å².